The molecule has 1 radical (unpaired) electrons. The third-order valence-electron chi connectivity index (χ3n) is 2.71. The van der Waals surface area contributed by atoms with Crippen LogP contribution in [0.2, 0.25) is 0 Å². The SMILES string of the molecule is CN(C)C[C]1C=CC=C(c2ccccc2)C1. The van der Waals surface area contributed by atoms with E-state index in [1.807, 2.05) is 0 Å². The van der Waals surface area contributed by atoms with Crippen LogP contribution in [0.4, 0.5) is 0 Å². The van der Waals surface area contributed by atoms with E-state index in [1.54, 1.807) is 0 Å². The molecule has 0 N–H and O–H groups in total. The maximum atomic E-state index is 2.23. The van der Waals surface area contributed by atoms with Crippen molar-refractivity contribution < 1.29 is 0 Å². The molecular weight excluding hydrogens is 194 g/mol. The summed E-state index contributed by atoms with van der Waals surface area (Å²) in [5, 5.41) is 0. The Labute approximate surface area is 98.1 Å². The van der Waals surface area contributed by atoms with Crippen molar-refractivity contribution in [2.75, 3.05) is 20.6 Å². The summed E-state index contributed by atoms with van der Waals surface area (Å²) in [6.45, 7) is 1.04. The smallest absolute Gasteiger partial charge is 0.0159 e. The Hall–Kier alpha value is -1.34. The van der Waals surface area contributed by atoms with E-state index >= 15 is 0 Å². The fraction of sp³-hybridized carbons (Fsp3) is 0.267. The molecule has 1 aromatic carbocycles. The molecule has 0 unspecified atom stereocenters. The molecular formula is C15H18N. The second kappa shape index (κ2) is 5.13. The first-order chi connectivity index (χ1) is 7.75. The van der Waals surface area contributed by atoms with Gasteiger partial charge in [-0.2, -0.15) is 0 Å². The highest BCUT2D eigenvalue weighted by molar-refractivity contribution is 5.70. The molecule has 1 aliphatic carbocycles. The van der Waals surface area contributed by atoms with E-state index in [9.17, 15) is 0 Å². The van der Waals surface area contributed by atoms with Gasteiger partial charge in [-0.25, -0.2) is 0 Å². The van der Waals surface area contributed by atoms with Crippen LogP contribution in [0.1, 0.15) is 12.0 Å². The lowest BCUT2D eigenvalue weighted by molar-refractivity contribution is 0.426. The summed E-state index contributed by atoms with van der Waals surface area (Å²) >= 11 is 0. The van der Waals surface area contributed by atoms with Gasteiger partial charge in [0.15, 0.2) is 0 Å². The fourth-order valence-electron chi connectivity index (χ4n) is 2.03. The van der Waals surface area contributed by atoms with Crippen LogP contribution in [-0.2, 0) is 0 Å². The number of hydrogen-bond acceptors (Lipinski definition) is 1. The summed E-state index contributed by atoms with van der Waals surface area (Å²) in [5.74, 6) is 1.48. The molecule has 1 heteroatoms. The summed E-state index contributed by atoms with van der Waals surface area (Å²) in [7, 11) is 4.22. The van der Waals surface area contributed by atoms with Gasteiger partial charge in [-0.1, -0.05) is 48.6 Å². The first-order valence-electron chi connectivity index (χ1n) is 5.68. The van der Waals surface area contributed by atoms with Gasteiger partial charge >= 0.3 is 0 Å². The molecule has 0 saturated heterocycles. The highest BCUT2D eigenvalue weighted by atomic mass is 15.1. The van der Waals surface area contributed by atoms with Gasteiger partial charge in [-0.05, 0) is 31.7 Å². The summed E-state index contributed by atoms with van der Waals surface area (Å²) in [5.41, 5.74) is 2.75. The van der Waals surface area contributed by atoms with E-state index < -0.39 is 0 Å². The maximum absolute atomic E-state index is 2.23. The first-order valence-corrected chi connectivity index (χ1v) is 5.68. The molecule has 0 saturated carbocycles. The molecule has 0 atom stereocenters. The molecule has 0 heterocycles. The van der Waals surface area contributed by atoms with Crippen molar-refractivity contribution in [3.8, 4) is 0 Å². The van der Waals surface area contributed by atoms with Gasteiger partial charge in [0.1, 0.15) is 0 Å². The van der Waals surface area contributed by atoms with Gasteiger partial charge in [-0.3, -0.25) is 0 Å². The Morgan fingerprint density at radius 1 is 1.12 bits per heavy atom. The molecule has 0 aliphatic heterocycles. The lowest BCUT2D eigenvalue weighted by atomic mass is 9.90. The van der Waals surface area contributed by atoms with Crippen molar-refractivity contribution in [1.29, 1.82) is 0 Å². The highest BCUT2D eigenvalue weighted by Gasteiger charge is 2.13. The van der Waals surface area contributed by atoms with Crippen LogP contribution < -0.4 is 0 Å². The molecule has 0 aromatic heterocycles. The molecule has 0 amide bonds. The zero-order valence-corrected chi connectivity index (χ0v) is 9.98. The minimum absolute atomic E-state index is 1.04. The van der Waals surface area contributed by atoms with Crippen molar-refractivity contribution in [1.82, 2.24) is 4.90 Å². The largest absolute Gasteiger partial charge is 0.308 e. The predicted molar refractivity (Wildman–Crippen MR) is 70.0 cm³/mol. The molecule has 16 heavy (non-hydrogen) atoms. The van der Waals surface area contributed by atoms with Crippen LogP contribution in [0.15, 0.2) is 48.6 Å². The van der Waals surface area contributed by atoms with Crippen LogP contribution in [0, 0.1) is 5.92 Å². The first kappa shape index (κ1) is 11.2. The predicted octanol–water partition coefficient (Wildman–Crippen LogP) is 3.17. The van der Waals surface area contributed by atoms with Gasteiger partial charge in [0.05, 0.1) is 0 Å². The van der Waals surface area contributed by atoms with E-state index in [0.29, 0.717) is 0 Å². The third kappa shape index (κ3) is 2.83. The molecule has 0 bridgehead atoms. The van der Waals surface area contributed by atoms with Gasteiger partial charge in [0.25, 0.3) is 0 Å². The zero-order valence-electron chi connectivity index (χ0n) is 9.98. The van der Waals surface area contributed by atoms with Crippen LogP contribution in [0.25, 0.3) is 5.57 Å². The Bertz CT molecular complexity index is 387. The molecule has 0 spiro atoms. The number of hydrogen-bond donors (Lipinski definition) is 0. The topological polar surface area (TPSA) is 3.24 Å². The van der Waals surface area contributed by atoms with Gasteiger partial charge in [-0.15, -0.1) is 0 Å². The Morgan fingerprint density at radius 3 is 2.56 bits per heavy atom. The Morgan fingerprint density at radius 2 is 1.88 bits per heavy atom. The average molecular weight is 212 g/mol. The van der Waals surface area contributed by atoms with Crippen molar-refractivity contribution in [2.24, 2.45) is 0 Å². The summed E-state index contributed by atoms with van der Waals surface area (Å²) in [4.78, 5) is 2.22. The van der Waals surface area contributed by atoms with E-state index in [-0.39, 0.29) is 0 Å². The van der Waals surface area contributed by atoms with Crippen LogP contribution in [0.3, 0.4) is 0 Å². The number of benzene rings is 1. The monoisotopic (exact) mass is 212 g/mol. The van der Waals surface area contributed by atoms with E-state index in [1.165, 1.54) is 17.1 Å². The molecule has 1 aliphatic rings. The average Bonchev–Trinajstić information content (AvgIpc) is 2.30. The number of rotatable bonds is 3. The summed E-state index contributed by atoms with van der Waals surface area (Å²) in [6.07, 6.45) is 7.67. The van der Waals surface area contributed by atoms with E-state index in [0.717, 1.165) is 13.0 Å². The second-order valence-electron chi connectivity index (χ2n) is 4.49. The zero-order chi connectivity index (χ0) is 11.4. The lowest BCUT2D eigenvalue weighted by Gasteiger charge is -2.21. The maximum Gasteiger partial charge on any atom is 0.0159 e. The van der Waals surface area contributed by atoms with E-state index in [2.05, 4.69) is 67.6 Å². The molecule has 1 nitrogen and oxygen atoms in total. The van der Waals surface area contributed by atoms with Gasteiger partial charge < -0.3 is 4.90 Å². The minimum atomic E-state index is 1.04. The summed E-state index contributed by atoms with van der Waals surface area (Å²) in [6, 6.07) is 10.6. The van der Waals surface area contributed by atoms with Gasteiger partial charge in [0, 0.05) is 12.5 Å². The quantitative estimate of drug-likeness (QED) is 0.744. The molecule has 1 aromatic rings. The van der Waals surface area contributed by atoms with Crippen molar-refractivity contribution in [3.63, 3.8) is 0 Å². The fourth-order valence-corrected chi connectivity index (χ4v) is 2.03. The summed E-state index contributed by atoms with van der Waals surface area (Å²) < 4.78 is 0. The van der Waals surface area contributed by atoms with E-state index in [4.69, 9.17) is 0 Å². The second-order valence-corrected chi connectivity index (χ2v) is 4.49. The third-order valence-corrected chi connectivity index (χ3v) is 2.71. The standard InChI is InChI=1S/C15H18N/c1-16(2)12-13-7-6-10-15(11-13)14-8-4-3-5-9-14/h3-10H,11-12H2,1-2H3. The van der Waals surface area contributed by atoms with Crippen LogP contribution in [0.5, 0.6) is 0 Å². The molecule has 2 rings (SSSR count). The normalized spacial score (nSPS) is 16.6. The highest BCUT2D eigenvalue weighted by Crippen LogP contribution is 2.28. The molecule has 0 fully saturated rings. The molecule has 83 valence electrons. The number of nitrogens with zero attached hydrogens (tertiary/aromatic N) is 1. The number of allylic oxidation sites excluding steroid dienone is 3. The van der Waals surface area contributed by atoms with Gasteiger partial charge in [0.2, 0.25) is 0 Å². The van der Waals surface area contributed by atoms with Crippen molar-refractivity contribution in [2.45, 2.75) is 6.42 Å². The Kier molecular flexibility index (Phi) is 3.58. The Balaban J connectivity index is 2.08. The van der Waals surface area contributed by atoms with Crippen molar-refractivity contribution in [3.05, 3.63) is 60.0 Å². The van der Waals surface area contributed by atoms with Crippen molar-refractivity contribution >= 4 is 5.57 Å². The lowest BCUT2D eigenvalue weighted by Crippen LogP contribution is -2.20. The van der Waals surface area contributed by atoms with Crippen LogP contribution in [-0.4, -0.2) is 25.5 Å². The minimum Gasteiger partial charge on any atom is -0.308 e. The van der Waals surface area contributed by atoms with Crippen LogP contribution >= 0.6 is 0 Å².